The lowest BCUT2D eigenvalue weighted by Crippen LogP contribution is -2.00. The van der Waals surface area contributed by atoms with E-state index in [2.05, 4.69) is 38.3 Å². The molecule has 1 saturated carbocycles. The lowest BCUT2D eigenvalue weighted by Gasteiger charge is -2.08. The molecule has 0 spiro atoms. The minimum atomic E-state index is 0.626. The third-order valence-electron chi connectivity index (χ3n) is 3.87. The van der Waals surface area contributed by atoms with E-state index in [0.717, 1.165) is 24.7 Å². The van der Waals surface area contributed by atoms with Crippen molar-refractivity contribution in [3.63, 3.8) is 0 Å². The molecule has 0 saturated heterocycles. The molecule has 4 nitrogen and oxygen atoms in total. The molecule has 2 aliphatic rings. The summed E-state index contributed by atoms with van der Waals surface area (Å²) < 4.78 is 2.30. The third kappa shape index (κ3) is 1.49. The van der Waals surface area contributed by atoms with Crippen LogP contribution in [0.3, 0.4) is 0 Å². The second-order valence-electron chi connectivity index (χ2n) is 5.26. The summed E-state index contributed by atoms with van der Waals surface area (Å²) in [6.45, 7) is 4.01. The Bertz CT molecular complexity index is 610. The van der Waals surface area contributed by atoms with E-state index in [1.54, 1.807) is 0 Å². The SMILES string of the molecule is Cc1nnc(-c2ccc3c(c2)CNC3)n1C1CC1. The zero-order valence-electron chi connectivity index (χ0n) is 10.5. The lowest BCUT2D eigenvalue weighted by atomic mass is 10.1. The molecule has 1 aromatic heterocycles. The molecule has 1 aliphatic carbocycles. The second kappa shape index (κ2) is 3.65. The summed E-state index contributed by atoms with van der Waals surface area (Å²) in [6.07, 6.45) is 2.52. The fourth-order valence-electron chi connectivity index (χ4n) is 2.77. The molecule has 4 heteroatoms. The average Bonchev–Trinajstić information content (AvgIpc) is 2.98. The fourth-order valence-corrected chi connectivity index (χ4v) is 2.77. The average molecular weight is 240 g/mol. The van der Waals surface area contributed by atoms with Crippen LogP contribution in [-0.4, -0.2) is 14.8 Å². The van der Waals surface area contributed by atoms with Crippen LogP contribution in [-0.2, 0) is 13.1 Å². The van der Waals surface area contributed by atoms with Gasteiger partial charge in [0, 0.05) is 24.7 Å². The molecule has 2 aromatic rings. The standard InChI is InChI=1S/C14H16N4/c1-9-16-17-14(18(9)13-4-5-13)10-2-3-11-7-15-8-12(11)6-10/h2-3,6,13,15H,4-5,7-8H2,1H3. The molecule has 1 N–H and O–H groups in total. The molecule has 0 atom stereocenters. The van der Waals surface area contributed by atoms with Crippen molar-refractivity contribution in [2.75, 3.05) is 0 Å². The van der Waals surface area contributed by atoms with Gasteiger partial charge in [-0.15, -0.1) is 10.2 Å². The quantitative estimate of drug-likeness (QED) is 0.875. The normalized spacial score (nSPS) is 18.1. The molecular formula is C14H16N4. The van der Waals surface area contributed by atoms with Gasteiger partial charge in [-0.2, -0.15) is 0 Å². The van der Waals surface area contributed by atoms with Crippen molar-refractivity contribution in [3.8, 4) is 11.4 Å². The Morgan fingerprint density at radius 3 is 2.83 bits per heavy atom. The Hall–Kier alpha value is -1.68. The first-order valence-corrected chi connectivity index (χ1v) is 6.57. The summed E-state index contributed by atoms with van der Waals surface area (Å²) in [5.41, 5.74) is 4.01. The molecule has 0 bridgehead atoms. The van der Waals surface area contributed by atoms with E-state index in [9.17, 15) is 0 Å². The number of aryl methyl sites for hydroxylation is 1. The maximum absolute atomic E-state index is 4.37. The van der Waals surface area contributed by atoms with Gasteiger partial charge < -0.3 is 9.88 Å². The highest BCUT2D eigenvalue weighted by Gasteiger charge is 2.28. The largest absolute Gasteiger partial charge is 0.309 e. The van der Waals surface area contributed by atoms with Gasteiger partial charge in [-0.05, 0) is 37.0 Å². The summed E-state index contributed by atoms with van der Waals surface area (Å²) >= 11 is 0. The summed E-state index contributed by atoms with van der Waals surface area (Å²) in [5, 5.41) is 12.0. The van der Waals surface area contributed by atoms with Crippen LogP contribution in [0.1, 0.15) is 35.8 Å². The first-order chi connectivity index (χ1) is 8.83. The molecule has 0 unspecified atom stereocenters. The van der Waals surface area contributed by atoms with Gasteiger partial charge in [0.1, 0.15) is 5.82 Å². The first-order valence-electron chi connectivity index (χ1n) is 6.57. The van der Waals surface area contributed by atoms with E-state index in [1.807, 2.05) is 6.92 Å². The van der Waals surface area contributed by atoms with Crippen LogP contribution in [0.4, 0.5) is 0 Å². The molecular weight excluding hydrogens is 224 g/mol. The minimum absolute atomic E-state index is 0.626. The first kappa shape index (κ1) is 10.3. The van der Waals surface area contributed by atoms with E-state index in [-0.39, 0.29) is 0 Å². The van der Waals surface area contributed by atoms with Gasteiger partial charge in [0.05, 0.1) is 0 Å². The Morgan fingerprint density at radius 2 is 2.00 bits per heavy atom. The van der Waals surface area contributed by atoms with Gasteiger partial charge >= 0.3 is 0 Å². The second-order valence-corrected chi connectivity index (χ2v) is 5.26. The number of benzene rings is 1. The summed E-state index contributed by atoms with van der Waals surface area (Å²) in [6, 6.07) is 7.28. The highest BCUT2D eigenvalue weighted by molar-refractivity contribution is 5.59. The molecule has 18 heavy (non-hydrogen) atoms. The summed E-state index contributed by atoms with van der Waals surface area (Å²) in [7, 11) is 0. The molecule has 1 fully saturated rings. The Kier molecular flexibility index (Phi) is 2.08. The van der Waals surface area contributed by atoms with Crippen molar-refractivity contribution in [3.05, 3.63) is 35.2 Å². The number of nitrogens with zero attached hydrogens (tertiary/aromatic N) is 3. The smallest absolute Gasteiger partial charge is 0.164 e. The Morgan fingerprint density at radius 1 is 1.17 bits per heavy atom. The van der Waals surface area contributed by atoms with Crippen molar-refractivity contribution in [1.29, 1.82) is 0 Å². The van der Waals surface area contributed by atoms with Crippen LogP contribution >= 0.6 is 0 Å². The van der Waals surface area contributed by atoms with Crippen molar-refractivity contribution in [2.45, 2.75) is 38.9 Å². The van der Waals surface area contributed by atoms with Crippen molar-refractivity contribution in [1.82, 2.24) is 20.1 Å². The van der Waals surface area contributed by atoms with E-state index in [1.165, 1.54) is 29.5 Å². The molecule has 0 radical (unpaired) electrons. The number of hydrogen-bond donors (Lipinski definition) is 1. The topological polar surface area (TPSA) is 42.7 Å². The summed E-state index contributed by atoms with van der Waals surface area (Å²) in [5.74, 6) is 2.07. The Labute approximate surface area is 106 Å². The zero-order chi connectivity index (χ0) is 12.1. The van der Waals surface area contributed by atoms with Gasteiger partial charge in [-0.3, -0.25) is 0 Å². The monoisotopic (exact) mass is 240 g/mol. The van der Waals surface area contributed by atoms with E-state index < -0.39 is 0 Å². The molecule has 2 heterocycles. The van der Waals surface area contributed by atoms with Gasteiger partial charge in [-0.25, -0.2) is 0 Å². The Balaban J connectivity index is 1.83. The summed E-state index contributed by atoms with van der Waals surface area (Å²) in [4.78, 5) is 0. The number of rotatable bonds is 2. The van der Waals surface area contributed by atoms with Gasteiger partial charge in [0.2, 0.25) is 0 Å². The highest BCUT2D eigenvalue weighted by atomic mass is 15.3. The molecule has 1 aromatic carbocycles. The number of hydrogen-bond acceptors (Lipinski definition) is 3. The van der Waals surface area contributed by atoms with Crippen LogP contribution in [0, 0.1) is 6.92 Å². The van der Waals surface area contributed by atoms with Crippen LogP contribution < -0.4 is 5.32 Å². The van der Waals surface area contributed by atoms with E-state index in [4.69, 9.17) is 0 Å². The van der Waals surface area contributed by atoms with E-state index >= 15 is 0 Å². The highest BCUT2D eigenvalue weighted by Crippen LogP contribution is 2.39. The van der Waals surface area contributed by atoms with Crippen LogP contribution in [0.2, 0.25) is 0 Å². The van der Waals surface area contributed by atoms with Crippen LogP contribution in [0.15, 0.2) is 18.2 Å². The van der Waals surface area contributed by atoms with Gasteiger partial charge in [-0.1, -0.05) is 12.1 Å². The predicted molar refractivity (Wildman–Crippen MR) is 69.0 cm³/mol. The fraction of sp³-hybridized carbons (Fsp3) is 0.429. The van der Waals surface area contributed by atoms with Gasteiger partial charge in [0.15, 0.2) is 5.82 Å². The number of aromatic nitrogens is 3. The molecule has 0 amide bonds. The minimum Gasteiger partial charge on any atom is -0.309 e. The van der Waals surface area contributed by atoms with Crippen molar-refractivity contribution >= 4 is 0 Å². The molecule has 4 rings (SSSR count). The van der Waals surface area contributed by atoms with E-state index in [0.29, 0.717) is 6.04 Å². The van der Waals surface area contributed by atoms with Crippen molar-refractivity contribution in [2.24, 2.45) is 0 Å². The van der Waals surface area contributed by atoms with Crippen LogP contribution in [0.25, 0.3) is 11.4 Å². The number of nitrogens with one attached hydrogen (secondary N) is 1. The maximum atomic E-state index is 4.37. The predicted octanol–water partition coefficient (Wildman–Crippen LogP) is 2.19. The third-order valence-corrected chi connectivity index (χ3v) is 3.87. The van der Waals surface area contributed by atoms with Crippen LogP contribution in [0.5, 0.6) is 0 Å². The lowest BCUT2D eigenvalue weighted by molar-refractivity contribution is 0.717. The zero-order valence-corrected chi connectivity index (χ0v) is 10.5. The van der Waals surface area contributed by atoms with Crippen molar-refractivity contribution < 1.29 is 0 Å². The maximum Gasteiger partial charge on any atom is 0.164 e. The number of fused-ring (bicyclic) bond motifs is 1. The van der Waals surface area contributed by atoms with Gasteiger partial charge in [0.25, 0.3) is 0 Å². The molecule has 1 aliphatic heterocycles. The molecule has 92 valence electrons.